The summed E-state index contributed by atoms with van der Waals surface area (Å²) in [4.78, 5) is 18.2. The Hall–Kier alpha value is -2.99. The van der Waals surface area contributed by atoms with Crippen LogP contribution in [0.4, 0.5) is 0 Å². The van der Waals surface area contributed by atoms with Crippen LogP contribution in [0.15, 0.2) is 66.9 Å². The lowest BCUT2D eigenvalue weighted by molar-refractivity contribution is -0.139. The molecule has 0 bridgehead atoms. The minimum atomic E-state index is -0.319. The molecule has 1 aromatic heterocycles. The molecule has 2 heterocycles. The molecule has 2 unspecified atom stereocenters. The van der Waals surface area contributed by atoms with Gasteiger partial charge < -0.3 is 4.90 Å². The first-order valence-electron chi connectivity index (χ1n) is 11.6. The van der Waals surface area contributed by atoms with E-state index in [2.05, 4.69) is 87.7 Å². The zero-order chi connectivity index (χ0) is 22.1. The van der Waals surface area contributed by atoms with Gasteiger partial charge in [0.2, 0.25) is 5.91 Å². The van der Waals surface area contributed by atoms with Gasteiger partial charge in [-0.15, -0.1) is 5.10 Å². The summed E-state index contributed by atoms with van der Waals surface area (Å²) in [7, 11) is 0. The average molecular weight is 430 g/mol. The van der Waals surface area contributed by atoms with Crippen molar-refractivity contribution in [1.82, 2.24) is 24.8 Å². The normalized spacial score (nSPS) is 23.5. The smallest absolute Gasteiger partial charge is 0.231 e. The number of nitrogens with zero attached hydrogens (tertiary/aromatic N) is 5. The number of amides is 1. The molecule has 1 amide bonds. The fraction of sp³-hybridized carbons (Fsp3) is 0.423. The number of carbonyl (C=O) groups is 1. The molecule has 2 fully saturated rings. The highest BCUT2D eigenvalue weighted by molar-refractivity contribution is 5.86. The Kier molecular flexibility index (Phi) is 5.55. The summed E-state index contributed by atoms with van der Waals surface area (Å²) < 4.78 is 1.90. The van der Waals surface area contributed by atoms with Crippen molar-refractivity contribution in [1.29, 1.82) is 0 Å². The second kappa shape index (κ2) is 8.51. The van der Waals surface area contributed by atoms with E-state index < -0.39 is 0 Å². The number of aryl methyl sites for hydroxylation is 1. The standard InChI is InChI=1S/C26H31N5O/c1-3-26(18-23(26)31-19-20(2)27-28-31)25(32)30-16-14-29(15-17-30)24(21-10-6-4-7-11-21)22-12-8-5-9-13-22/h4-13,19,23-24H,3,14-18H2,1-2H3. The maximum absolute atomic E-state index is 13.6. The zero-order valence-corrected chi connectivity index (χ0v) is 18.9. The van der Waals surface area contributed by atoms with E-state index in [1.807, 2.05) is 17.8 Å². The first-order valence-corrected chi connectivity index (χ1v) is 11.6. The van der Waals surface area contributed by atoms with E-state index in [0.717, 1.165) is 44.7 Å². The van der Waals surface area contributed by atoms with Crippen molar-refractivity contribution in [3.05, 3.63) is 83.7 Å². The summed E-state index contributed by atoms with van der Waals surface area (Å²) in [6.07, 6.45) is 3.66. The molecule has 1 aliphatic heterocycles. The minimum absolute atomic E-state index is 0.139. The fourth-order valence-electron chi connectivity index (χ4n) is 5.29. The molecule has 1 saturated carbocycles. The maximum Gasteiger partial charge on any atom is 0.231 e. The summed E-state index contributed by atoms with van der Waals surface area (Å²) in [6.45, 7) is 7.33. The monoisotopic (exact) mass is 429 g/mol. The van der Waals surface area contributed by atoms with Crippen molar-refractivity contribution in [2.24, 2.45) is 5.41 Å². The van der Waals surface area contributed by atoms with Gasteiger partial charge in [0.15, 0.2) is 0 Å². The maximum atomic E-state index is 13.6. The number of aromatic nitrogens is 3. The Morgan fingerprint density at radius 2 is 1.59 bits per heavy atom. The summed E-state index contributed by atoms with van der Waals surface area (Å²) >= 11 is 0. The summed E-state index contributed by atoms with van der Waals surface area (Å²) in [5.74, 6) is 0.286. The van der Waals surface area contributed by atoms with Gasteiger partial charge >= 0.3 is 0 Å². The molecule has 1 saturated heterocycles. The minimum Gasteiger partial charge on any atom is -0.340 e. The number of carbonyl (C=O) groups excluding carboxylic acids is 1. The van der Waals surface area contributed by atoms with Crippen LogP contribution >= 0.6 is 0 Å². The molecule has 0 N–H and O–H groups in total. The molecule has 2 aromatic carbocycles. The van der Waals surface area contributed by atoms with Gasteiger partial charge in [0.1, 0.15) is 0 Å². The molecule has 3 aromatic rings. The van der Waals surface area contributed by atoms with E-state index >= 15 is 0 Å². The van der Waals surface area contributed by atoms with Gasteiger partial charge in [0.05, 0.1) is 23.2 Å². The van der Waals surface area contributed by atoms with Crippen LogP contribution in [-0.2, 0) is 4.79 Å². The molecule has 5 rings (SSSR count). The van der Waals surface area contributed by atoms with Crippen molar-refractivity contribution < 1.29 is 4.79 Å². The highest BCUT2D eigenvalue weighted by Gasteiger charge is 2.61. The predicted molar refractivity (Wildman–Crippen MR) is 124 cm³/mol. The van der Waals surface area contributed by atoms with E-state index in [4.69, 9.17) is 0 Å². The van der Waals surface area contributed by atoms with Crippen LogP contribution in [0, 0.1) is 12.3 Å². The predicted octanol–water partition coefficient (Wildman–Crippen LogP) is 3.86. The lowest BCUT2D eigenvalue weighted by Gasteiger charge is -2.41. The lowest BCUT2D eigenvalue weighted by atomic mass is 9.96. The van der Waals surface area contributed by atoms with Crippen molar-refractivity contribution in [2.45, 2.75) is 38.8 Å². The third-order valence-electron chi connectivity index (χ3n) is 7.23. The molecule has 32 heavy (non-hydrogen) atoms. The third-order valence-corrected chi connectivity index (χ3v) is 7.23. The van der Waals surface area contributed by atoms with E-state index in [1.165, 1.54) is 11.1 Å². The lowest BCUT2D eigenvalue weighted by Crippen LogP contribution is -2.52. The molecule has 2 atom stereocenters. The van der Waals surface area contributed by atoms with Crippen molar-refractivity contribution in [2.75, 3.05) is 26.2 Å². The van der Waals surface area contributed by atoms with Crippen LogP contribution < -0.4 is 0 Å². The van der Waals surface area contributed by atoms with E-state index in [0.29, 0.717) is 0 Å². The van der Waals surface area contributed by atoms with Crippen LogP contribution in [-0.4, -0.2) is 56.9 Å². The van der Waals surface area contributed by atoms with Crippen molar-refractivity contribution >= 4 is 5.91 Å². The van der Waals surface area contributed by atoms with Gasteiger partial charge in [-0.1, -0.05) is 72.8 Å². The first kappa shape index (κ1) is 20.9. The van der Waals surface area contributed by atoms with Crippen LogP contribution in [0.2, 0.25) is 0 Å². The van der Waals surface area contributed by atoms with Gasteiger partial charge in [-0.2, -0.15) is 0 Å². The Bertz CT molecular complexity index is 1020. The molecular weight excluding hydrogens is 398 g/mol. The number of piperazine rings is 1. The molecule has 0 spiro atoms. The number of hydrogen-bond acceptors (Lipinski definition) is 4. The molecule has 0 radical (unpaired) electrons. The topological polar surface area (TPSA) is 54.3 Å². The number of benzene rings is 2. The van der Waals surface area contributed by atoms with Crippen LogP contribution in [0.5, 0.6) is 0 Å². The Labute approximate surface area is 189 Å². The van der Waals surface area contributed by atoms with E-state index in [1.54, 1.807) is 0 Å². The molecule has 166 valence electrons. The largest absolute Gasteiger partial charge is 0.340 e. The quantitative estimate of drug-likeness (QED) is 0.597. The zero-order valence-electron chi connectivity index (χ0n) is 18.9. The van der Waals surface area contributed by atoms with Crippen LogP contribution in [0.1, 0.15) is 48.7 Å². The van der Waals surface area contributed by atoms with Gasteiger partial charge in [-0.3, -0.25) is 9.69 Å². The van der Waals surface area contributed by atoms with Crippen LogP contribution in [0.25, 0.3) is 0 Å². The Morgan fingerprint density at radius 3 is 2.09 bits per heavy atom. The van der Waals surface area contributed by atoms with E-state index in [9.17, 15) is 4.79 Å². The Balaban J connectivity index is 1.30. The molecule has 6 nitrogen and oxygen atoms in total. The summed E-state index contributed by atoms with van der Waals surface area (Å²) in [5.41, 5.74) is 3.18. The second-order valence-corrected chi connectivity index (χ2v) is 9.12. The molecular formula is C26H31N5O. The second-order valence-electron chi connectivity index (χ2n) is 9.12. The SMILES string of the molecule is CCC1(C(=O)N2CCN(C(c3ccccc3)c3ccccc3)CC2)CC1n1cc(C)nn1. The van der Waals surface area contributed by atoms with E-state index in [-0.39, 0.29) is 23.4 Å². The van der Waals surface area contributed by atoms with Gasteiger partial charge in [-0.25, -0.2) is 4.68 Å². The van der Waals surface area contributed by atoms with Crippen LogP contribution in [0.3, 0.4) is 0 Å². The summed E-state index contributed by atoms with van der Waals surface area (Å²) in [5, 5.41) is 8.36. The van der Waals surface area contributed by atoms with Crippen molar-refractivity contribution in [3.63, 3.8) is 0 Å². The molecule has 2 aliphatic rings. The highest BCUT2D eigenvalue weighted by Crippen LogP contribution is 2.59. The summed E-state index contributed by atoms with van der Waals surface area (Å²) in [6, 6.07) is 21.7. The van der Waals surface area contributed by atoms with Gasteiger partial charge in [0.25, 0.3) is 0 Å². The van der Waals surface area contributed by atoms with Gasteiger partial charge in [0, 0.05) is 32.4 Å². The van der Waals surface area contributed by atoms with Crippen molar-refractivity contribution in [3.8, 4) is 0 Å². The fourth-order valence-corrected chi connectivity index (χ4v) is 5.29. The van der Waals surface area contributed by atoms with Gasteiger partial charge in [-0.05, 0) is 30.9 Å². The number of hydrogen-bond donors (Lipinski definition) is 0. The molecule has 1 aliphatic carbocycles. The average Bonchev–Trinajstić information content (AvgIpc) is 3.45. The third kappa shape index (κ3) is 3.73. The highest BCUT2D eigenvalue weighted by atomic mass is 16.2. The molecule has 6 heteroatoms. The number of rotatable bonds is 6. The first-order chi connectivity index (χ1) is 15.6. The Morgan fingerprint density at radius 1 is 1.00 bits per heavy atom.